The first-order valence-electron chi connectivity index (χ1n) is 7.92. The van der Waals surface area contributed by atoms with Gasteiger partial charge in [-0.3, -0.25) is 0 Å². The molecule has 23 heavy (non-hydrogen) atoms. The molecule has 0 radical (unpaired) electrons. The van der Waals surface area contributed by atoms with E-state index >= 15 is 0 Å². The van der Waals surface area contributed by atoms with Crippen LogP contribution >= 0.6 is 0 Å². The number of carbonyl (C=O) groups excluding carboxylic acids is 1. The average molecular weight is 314 g/mol. The maximum atomic E-state index is 11.7. The molecule has 0 spiro atoms. The molecule has 1 aliphatic carbocycles. The molecule has 3 rings (SSSR count). The van der Waals surface area contributed by atoms with E-state index in [2.05, 4.69) is 15.7 Å². The van der Waals surface area contributed by atoms with Crippen LogP contribution in [0.25, 0.3) is 5.69 Å². The first-order chi connectivity index (χ1) is 11.2. The van der Waals surface area contributed by atoms with E-state index in [-0.39, 0.29) is 18.1 Å². The van der Waals surface area contributed by atoms with Gasteiger partial charge in [0.2, 0.25) is 0 Å². The Bertz CT molecular complexity index is 650. The van der Waals surface area contributed by atoms with Crippen LogP contribution in [-0.4, -0.2) is 40.6 Å². The highest BCUT2D eigenvalue weighted by Gasteiger charge is 2.42. The molecule has 0 aliphatic heterocycles. The highest BCUT2D eigenvalue weighted by molar-refractivity contribution is 5.73. The van der Waals surface area contributed by atoms with Gasteiger partial charge in [0, 0.05) is 24.7 Å². The van der Waals surface area contributed by atoms with Crippen LogP contribution in [0.5, 0.6) is 0 Å². The number of rotatable bonds is 7. The molecule has 1 aliphatic rings. The number of benzene rings is 1. The van der Waals surface area contributed by atoms with E-state index in [0.29, 0.717) is 13.1 Å². The molecular formula is C17H22N4O2. The van der Waals surface area contributed by atoms with Gasteiger partial charge in [0.25, 0.3) is 0 Å². The summed E-state index contributed by atoms with van der Waals surface area (Å²) in [5, 5.41) is 19.2. The standard InChI is InChI=1S/C17H22N4O2/c22-13-17(7-8-17)12-19-16(23)18-9-6-14-10-20-21(11-14)15-4-2-1-3-5-15/h1-5,10-11,22H,6-9,12-13H2,(H2,18,19,23). The molecule has 1 saturated carbocycles. The molecule has 0 saturated heterocycles. The summed E-state index contributed by atoms with van der Waals surface area (Å²) in [6.45, 7) is 1.24. The molecule has 2 aromatic rings. The molecule has 0 atom stereocenters. The van der Waals surface area contributed by atoms with Gasteiger partial charge >= 0.3 is 6.03 Å². The second-order valence-corrected chi connectivity index (χ2v) is 6.15. The van der Waals surface area contributed by atoms with Crippen LogP contribution in [0.4, 0.5) is 4.79 Å². The highest BCUT2D eigenvalue weighted by Crippen LogP contribution is 2.44. The van der Waals surface area contributed by atoms with Crippen molar-refractivity contribution >= 4 is 6.03 Å². The zero-order valence-corrected chi connectivity index (χ0v) is 13.0. The zero-order valence-electron chi connectivity index (χ0n) is 13.0. The van der Waals surface area contributed by atoms with Crippen molar-refractivity contribution in [2.24, 2.45) is 5.41 Å². The SMILES string of the molecule is O=C(NCCc1cnn(-c2ccccc2)c1)NCC1(CO)CC1. The number of hydrogen-bond acceptors (Lipinski definition) is 3. The van der Waals surface area contributed by atoms with Gasteiger partial charge in [0.15, 0.2) is 0 Å². The van der Waals surface area contributed by atoms with Gasteiger partial charge in [-0.1, -0.05) is 18.2 Å². The van der Waals surface area contributed by atoms with Crippen molar-refractivity contribution in [2.75, 3.05) is 19.7 Å². The van der Waals surface area contributed by atoms with E-state index in [1.807, 2.05) is 47.4 Å². The van der Waals surface area contributed by atoms with Crippen molar-refractivity contribution in [3.8, 4) is 5.69 Å². The van der Waals surface area contributed by atoms with E-state index in [4.69, 9.17) is 0 Å². The first kappa shape index (κ1) is 15.6. The highest BCUT2D eigenvalue weighted by atomic mass is 16.3. The summed E-state index contributed by atoms with van der Waals surface area (Å²) in [5.41, 5.74) is 2.03. The van der Waals surface area contributed by atoms with Crippen molar-refractivity contribution in [1.29, 1.82) is 0 Å². The van der Waals surface area contributed by atoms with Gasteiger partial charge in [0.1, 0.15) is 0 Å². The fourth-order valence-corrected chi connectivity index (χ4v) is 2.43. The lowest BCUT2D eigenvalue weighted by Gasteiger charge is -2.13. The molecule has 6 nitrogen and oxygen atoms in total. The second-order valence-electron chi connectivity index (χ2n) is 6.15. The van der Waals surface area contributed by atoms with Crippen LogP contribution in [0.1, 0.15) is 18.4 Å². The summed E-state index contributed by atoms with van der Waals surface area (Å²) in [4.78, 5) is 11.7. The number of amides is 2. The average Bonchev–Trinajstić information content (AvgIpc) is 3.23. The number of hydrogen-bond donors (Lipinski definition) is 3. The van der Waals surface area contributed by atoms with Gasteiger partial charge < -0.3 is 15.7 Å². The molecule has 1 aromatic heterocycles. The number of para-hydroxylation sites is 1. The number of aromatic nitrogens is 2. The minimum absolute atomic E-state index is 0.0613. The van der Waals surface area contributed by atoms with Crippen LogP contribution in [0.2, 0.25) is 0 Å². The third kappa shape index (κ3) is 4.10. The lowest BCUT2D eigenvalue weighted by atomic mass is 10.1. The van der Waals surface area contributed by atoms with Crippen molar-refractivity contribution in [3.05, 3.63) is 48.3 Å². The normalized spacial score (nSPS) is 15.2. The van der Waals surface area contributed by atoms with E-state index < -0.39 is 0 Å². The third-order valence-electron chi connectivity index (χ3n) is 4.27. The van der Waals surface area contributed by atoms with E-state index in [1.165, 1.54) is 0 Å². The molecule has 1 heterocycles. The summed E-state index contributed by atoms with van der Waals surface area (Å²) in [6.07, 6.45) is 6.49. The Labute approximate surface area is 135 Å². The topological polar surface area (TPSA) is 79.2 Å². The molecule has 0 bridgehead atoms. The molecule has 1 fully saturated rings. The predicted molar refractivity (Wildman–Crippen MR) is 87.4 cm³/mol. The maximum Gasteiger partial charge on any atom is 0.314 e. The number of nitrogens with one attached hydrogen (secondary N) is 2. The number of aliphatic hydroxyl groups is 1. The third-order valence-corrected chi connectivity index (χ3v) is 4.27. The van der Waals surface area contributed by atoms with Crippen LogP contribution in [0, 0.1) is 5.41 Å². The Morgan fingerprint density at radius 2 is 2.04 bits per heavy atom. The molecule has 2 amide bonds. The fraction of sp³-hybridized carbons (Fsp3) is 0.412. The second kappa shape index (κ2) is 6.83. The monoisotopic (exact) mass is 314 g/mol. The van der Waals surface area contributed by atoms with Crippen LogP contribution < -0.4 is 10.6 Å². The van der Waals surface area contributed by atoms with E-state index in [0.717, 1.165) is 30.5 Å². The van der Waals surface area contributed by atoms with Crippen LogP contribution in [0.15, 0.2) is 42.7 Å². The van der Waals surface area contributed by atoms with Gasteiger partial charge in [0.05, 0.1) is 18.5 Å². The smallest absolute Gasteiger partial charge is 0.314 e. The summed E-state index contributed by atoms with van der Waals surface area (Å²) in [5.74, 6) is 0. The first-order valence-corrected chi connectivity index (χ1v) is 7.92. The minimum atomic E-state index is -0.180. The fourth-order valence-electron chi connectivity index (χ4n) is 2.43. The Balaban J connectivity index is 1.41. The molecular weight excluding hydrogens is 292 g/mol. The Kier molecular flexibility index (Phi) is 4.62. The van der Waals surface area contributed by atoms with Gasteiger partial charge in [-0.2, -0.15) is 5.10 Å². The largest absolute Gasteiger partial charge is 0.396 e. The number of nitrogens with zero attached hydrogens (tertiary/aromatic N) is 2. The van der Waals surface area contributed by atoms with E-state index in [1.54, 1.807) is 0 Å². The quantitative estimate of drug-likeness (QED) is 0.724. The van der Waals surface area contributed by atoms with Crippen molar-refractivity contribution in [2.45, 2.75) is 19.3 Å². The molecule has 1 aromatic carbocycles. The lowest BCUT2D eigenvalue weighted by molar-refractivity contribution is 0.203. The summed E-state index contributed by atoms with van der Waals surface area (Å²) >= 11 is 0. The van der Waals surface area contributed by atoms with Crippen molar-refractivity contribution in [3.63, 3.8) is 0 Å². The van der Waals surface area contributed by atoms with Crippen LogP contribution in [0.3, 0.4) is 0 Å². The summed E-state index contributed by atoms with van der Waals surface area (Å²) < 4.78 is 1.83. The Morgan fingerprint density at radius 1 is 1.26 bits per heavy atom. The lowest BCUT2D eigenvalue weighted by Crippen LogP contribution is -2.40. The minimum Gasteiger partial charge on any atom is -0.396 e. The zero-order chi connectivity index (χ0) is 16.1. The summed E-state index contributed by atoms with van der Waals surface area (Å²) in [7, 11) is 0. The molecule has 0 unspecified atom stereocenters. The van der Waals surface area contributed by atoms with Gasteiger partial charge in [-0.15, -0.1) is 0 Å². The van der Waals surface area contributed by atoms with Crippen molar-refractivity contribution < 1.29 is 9.90 Å². The number of carbonyl (C=O) groups is 1. The molecule has 3 N–H and O–H groups in total. The van der Waals surface area contributed by atoms with Gasteiger partial charge in [-0.05, 0) is 37.0 Å². The summed E-state index contributed by atoms with van der Waals surface area (Å²) in [6, 6.07) is 9.73. The Morgan fingerprint density at radius 3 is 2.74 bits per heavy atom. The van der Waals surface area contributed by atoms with Gasteiger partial charge in [-0.25, -0.2) is 9.48 Å². The predicted octanol–water partition coefficient (Wildman–Crippen LogP) is 1.49. The number of aliphatic hydroxyl groups excluding tert-OH is 1. The number of urea groups is 1. The van der Waals surface area contributed by atoms with Crippen LogP contribution in [-0.2, 0) is 6.42 Å². The van der Waals surface area contributed by atoms with E-state index in [9.17, 15) is 9.90 Å². The maximum absolute atomic E-state index is 11.7. The Hall–Kier alpha value is -2.34. The molecule has 6 heteroatoms. The van der Waals surface area contributed by atoms with Crippen molar-refractivity contribution in [1.82, 2.24) is 20.4 Å². The molecule has 122 valence electrons.